The van der Waals surface area contributed by atoms with Crippen molar-refractivity contribution in [3.63, 3.8) is 0 Å². The molecular formula is C11H13N5O2. The van der Waals surface area contributed by atoms with Gasteiger partial charge in [-0.2, -0.15) is 0 Å². The van der Waals surface area contributed by atoms with E-state index in [-0.39, 0.29) is 5.56 Å². The second-order valence-electron chi connectivity index (χ2n) is 3.89. The molecule has 7 heteroatoms. The lowest BCUT2D eigenvalue weighted by atomic mass is 10.2. The van der Waals surface area contributed by atoms with Crippen molar-refractivity contribution in [3.05, 3.63) is 56.5 Å². The molecular weight excluding hydrogens is 234 g/mol. The number of nitrogens with one attached hydrogen (secondary N) is 2. The molecule has 2 heterocycles. The minimum absolute atomic E-state index is 0.341. The summed E-state index contributed by atoms with van der Waals surface area (Å²) in [6.45, 7) is 1.99. The van der Waals surface area contributed by atoms with E-state index in [2.05, 4.69) is 15.4 Å². The molecule has 0 aliphatic carbocycles. The number of pyridine rings is 1. The SMILES string of the molecule is Cc1cn(Cc2ccnc(NN)c2)c(=O)[nH]c1=O. The third-order valence-corrected chi connectivity index (χ3v) is 2.51. The Balaban J connectivity index is 2.36. The van der Waals surface area contributed by atoms with E-state index in [4.69, 9.17) is 5.84 Å². The maximum absolute atomic E-state index is 11.6. The van der Waals surface area contributed by atoms with Crippen LogP contribution in [0, 0.1) is 6.92 Å². The second-order valence-corrected chi connectivity index (χ2v) is 3.89. The average molecular weight is 247 g/mol. The molecule has 7 nitrogen and oxygen atoms in total. The van der Waals surface area contributed by atoms with Crippen molar-refractivity contribution in [3.8, 4) is 0 Å². The average Bonchev–Trinajstić information content (AvgIpc) is 2.36. The number of aromatic amines is 1. The van der Waals surface area contributed by atoms with Gasteiger partial charge < -0.3 is 5.43 Å². The Labute approximate surface area is 102 Å². The number of nitrogen functional groups attached to an aromatic ring is 1. The van der Waals surface area contributed by atoms with Crippen LogP contribution in [0.5, 0.6) is 0 Å². The number of anilines is 1. The van der Waals surface area contributed by atoms with Gasteiger partial charge in [0.25, 0.3) is 5.56 Å². The van der Waals surface area contributed by atoms with Crippen LogP contribution in [0.15, 0.2) is 34.1 Å². The fraction of sp³-hybridized carbons (Fsp3) is 0.182. The van der Waals surface area contributed by atoms with Crippen LogP contribution in [-0.2, 0) is 6.54 Å². The van der Waals surface area contributed by atoms with E-state index in [1.54, 1.807) is 25.3 Å². The van der Waals surface area contributed by atoms with E-state index in [1.807, 2.05) is 0 Å². The molecule has 94 valence electrons. The summed E-state index contributed by atoms with van der Waals surface area (Å²) in [5.74, 6) is 5.77. The molecule has 2 aromatic heterocycles. The van der Waals surface area contributed by atoms with Crippen molar-refractivity contribution in [1.29, 1.82) is 0 Å². The van der Waals surface area contributed by atoms with Crippen LogP contribution in [0.3, 0.4) is 0 Å². The Hall–Kier alpha value is -2.41. The quantitative estimate of drug-likeness (QED) is 0.504. The van der Waals surface area contributed by atoms with E-state index >= 15 is 0 Å². The van der Waals surface area contributed by atoms with Crippen molar-refractivity contribution >= 4 is 5.82 Å². The smallest absolute Gasteiger partial charge is 0.308 e. The molecule has 2 rings (SSSR count). The molecule has 2 aromatic rings. The summed E-state index contributed by atoms with van der Waals surface area (Å²) in [4.78, 5) is 29.1. The number of nitrogens with two attached hydrogens (primary N) is 1. The van der Waals surface area contributed by atoms with Gasteiger partial charge in [-0.25, -0.2) is 15.6 Å². The molecule has 0 aliphatic rings. The Morgan fingerprint density at radius 2 is 2.28 bits per heavy atom. The number of nitrogens with zero attached hydrogens (tertiary/aromatic N) is 2. The first kappa shape index (κ1) is 12.1. The predicted octanol–water partition coefficient (Wildman–Crippen LogP) is -0.426. The third-order valence-electron chi connectivity index (χ3n) is 2.51. The minimum Gasteiger partial charge on any atom is -0.308 e. The maximum Gasteiger partial charge on any atom is 0.328 e. The number of hydrogen-bond donors (Lipinski definition) is 3. The highest BCUT2D eigenvalue weighted by Crippen LogP contribution is 2.06. The first-order valence-electron chi connectivity index (χ1n) is 5.32. The number of H-pyrrole nitrogens is 1. The molecule has 4 N–H and O–H groups in total. The normalized spacial score (nSPS) is 10.3. The number of aryl methyl sites for hydroxylation is 1. The first-order chi connectivity index (χ1) is 8.60. The van der Waals surface area contributed by atoms with E-state index < -0.39 is 5.69 Å². The van der Waals surface area contributed by atoms with Crippen LogP contribution in [-0.4, -0.2) is 14.5 Å². The molecule has 0 atom stereocenters. The molecule has 0 bridgehead atoms. The van der Waals surface area contributed by atoms with Crippen LogP contribution in [0.2, 0.25) is 0 Å². The number of hydrogen-bond acceptors (Lipinski definition) is 5. The van der Waals surface area contributed by atoms with Crippen LogP contribution >= 0.6 is 0 Å². The van der Waals surface area contributed by atoms with Gasteiger partial charge in [-0.05, 0) is 24.6 Å². The Kier molecular flexibility index (Phi) is 3.24. The van der Waals surface area contributed by atoms with Gasteiger partial charge in [0.2, 0.25) is 0 Å². The van der Waals surface area contributed by atoms with E-state index in [9.17, 15) is 9.59 Å². The van der Waals surface area contributed by atoms with Crippen molar-refractivity contribution in [2.45, 2.75) is 13.5 Å². The summed E-state index contributed by atoms with van der Waals surface area (Å²) in [6.07, 6.45) is 3.12. The van der Waals surface area contributed by atoms with Crippen LogP contribution < -0.4 is 22.5 Å². The number of rotatable bonds is 3. The highest BCUT2D eigenvalue weighted by molar-refractivity contribution is 5.36. The monoisotopic (exact) mass is 247 g/mol. The summed E-state index contributed by atoms with van der Waals surface area (Å²) in [7, 11) is 0. The predicted molar refractivity (Wildman–Crippen MR) is 67.2 cm³/mol. The van der Waals surface area contributed by atoms with Crippen LogP contribution in [0.25, 0.3) is 0 Å². The summed E-state index contributed by atoms with van der Waals surface area (Å²) >= 11 is 0. The molecule has 0 aromatic carbocycles. The topological polar surface area (TPSA) is 106 Å². The van der Waals surface area contributed by atoms with E-state index in [0.717, 1.165) is 5.56 Å². The zero-order valence-corrected chi connectivity index (χ0v) is 9.80. The lowest BCUT2D eigenvalue weighted by Crippen LogP contribution is -2.31. The molecule has 0 fully saturated rings. The Morgan fingerprint density at radius 3 is 3.00 bits per heavy atom. The van der Waals surface area contributed by atoms with Gasteiger partial charge in [0, 0.05) is 18.0 Å². The molecule has 0 amide bonds. The summed E-state index contributed by atoms with van der Waals surface area (Å²) in [6, 6.07) is 3.50. The fourth-order valence-corrected chi connectivity index (χ4v) is 1.58. The van der Waals surface area contributed by atoms with Crippen molar-refractivity contribution in [2.75, 3.05) is 5.43 Å². The number of hydrazine groups is 1. The maximum atomic E-state index is 11.6. The Morgan fingerprint density at radius 1 is 1.50 bits per heavy atom. The largest absolute Gasteiger partial charge is 0.328 e. The van der Waals surface area contributed by atoms with Gasteiger partial charge in [0.15, 0.2) is 0 Å². The first-order valence-corrected chi connectivity index (χ1v) is 5.32. The standard InChI is InChI=1S/C11H13N5O2/c1-7-5-16(11(18)14-10(7)17)6-8-2-3-13-9(4-8)15-12/h2-5H,6,12H2,1H3,(H,13,15)(H,14,17,18). The summed E-state index contributed by atoms with van der Waals surface area (Å²) in [5.41, 5.74) is 2.97. The van der Waals surface area contributed by atoms with E-state index in [0.29, 0.717) is 17.9 Å². The Bertz CT molecular complexity index is 674. The van der Waals surface area contributed by atoms with E-state index in [1.165, 1.54) is 10.8 Å². The molecule has 0 spiro atoms. The van der Waals surface area contributed by atoms with Gasteiger partial charge in [0.05, 0.1) is 6.54 Å². The molecule has 18 heavy (non-hydrogen) atoms. The summed E-state index contributed by atoms with van der Waals surface area (Å²) < 4.78 is 1.42. The van der Waals surface area contributed by atoms with Crippen LogP contribution in [0.1, 0.15) is 11.1 Å². The molecule has 0 radical (unpaired) electrons. The lowest BCUT2D eigenvalue weighted by Gasteiger charge is -2.07. The summed E-state index contributed by atoms with van der Waals surface area (Å²) in [5, 5.41) is 0. The van der Waals surface area contributed by atoms with Gasteiger partial charge in [0.1, 0.15) is 5.82 Å². The van der Waals surface area contributed by atoms with Crippen LogP contribution in [0.4, 0.5) is 5.82 Å². The lowest BCUT2D eigenvalue weighted by molar-refractivity contribution is 0.713. The molecule has 0 saturated heterocycles. The van der Waals surface area contributed by atoms with Crippen molar-refractivity contribution < 1.29 is 0 Å². The fourth-order valence-electron chi connectivity index (χ4n) is 1.58. The number of aromatic nitrogens is 3. The van der Waals surface area contributed by atoms with Gasteiger partial charge in [-0.1, -0.05) is 0 Å². The van der Waals surface area contributed by atoms with Crippen molar-refractivity contribution in [2.24, 2.45) is 5.84 Å². The minimum atomic E-state index is -0.440. The third kappa shape index (κ3) is 2.46. The van der Waals surface area contributed by atoms with Gasteiger partial charge in [-0.3, -0.25) is 14.3 Å². The molecule has 0 aliphatic heterocycles. The van der Waals surface area contributed by atoms with Crippen molar-refractivity contribution in [1.82, 2.24) is 14.5 Å². The molecule has 0 unspecified atom stereocenters. The van der Waals surface area contributed by atoms with Gasteiger partial charge >= 0.3 is 5.69 Å². The highest BCUT2D eigenvalue weighted by atomic mass is 16.2. The zero-order valence-electron chi connectivity index (χ0n) is 9.80. The highest BCUT2D eigenvalue weighted by Gasteiger charge is 2.02. The zero-order chi connectivity index (χ0) is 13.1. The molecule has 0 saturated carbocycles. The second kappa shape index (κ2) is 4.84. The van der Waals surface area contributed by atoms with Gasteiger partial charge in [-0.15, -0.1) is 0 Å².